The van der Waals surface area contributed by atoms with Gasteiger partial charge >= 0.3 is 0 Å². The summed E-state index contributed by atoms with van der Waals surface area (Å²) < 4.78 is 7.49. The van der Waals surface area contributed by atoms with E-state index in [4.69, 9.17) is 16.0 Å². The standard InChI is InChI=1S/C18H26N8O3S/c19-16-13-17(22-10-21-16)26(11-23-13)18-15(28)14(27)12(29-18)9-30-8-6-4-2-1-3-5-7-24-25-20/h4,6,10-12,14-15,18,27-28H,1-3,5,7-9H2,(H2,19,21,22)/b6-4+/t12-,14?,15+,18-/m1/s1. The Labute approximate surface area is 178 Å². The van der Waals surface area contributed by atoms with Crippen molar-refractivity contribution >= 4 is 28.7 Å². The molecule has 0 aliphatic carbocycles. The molecule has 1 fully saturated rings. The molecule has 1 saturated heterocycles. The fraction of sp³-hybridized carbons (Fsp3) is 0.611. The fourth-order valence-corrected chi connectivity index (χ4v) is 4.17. The third-order valence-electron chi connectivity index (χ3n) is 4.85. The van der Waals surface area contributed by atoms with Gasteiger partial charge in [0, 0.05) is 23.0 Å². The number of aliphatic hydroxyl groups excluding tert-OH is 2. The molecule has 4 N–H and O–H groups in total. The van der Waals surface area contributed by atoms with Gasteiger partial charge < -0.3 is 20.7 Å². The third-order valence-corrected chi connectivity index (χ3v) is 5.85. The van der Waals surface area contributed by atoms with E-state index in [1.807, 2.05) is 0 Å². The van der Waals surface area contributed by atoms with E-state index in [1.54, 1.807) is 16.3 Å². The predicted molar refractivity (Wildman–Crippen MR) is 115 cm³/mol. The minimum atomic E-state index is -1.09. The number of nitrogens with two attached hydrogens (primary N) is 1. The Morgan fingerprint density at radius 2 is 2.10 bits per heavy atom. The van der Waals surface area contributed by atoms with Gasteiger partial charge in [0.15, 0.2) is 17.7 Å². The van der Waals surface area contributed by atoms with Gasteiger partial charge in [-0.05, 0) is 24.8 Å². The smallest absolute Gasteiger partial charge is 0.167 e. The van der Waals surface area contributed by atoms with Crippen molar-refractivity contribution in [2.24, 2.45) is 5.11 Å². The molecular weight excluding hydrogens is 408 g/mol. The number of imidazole rings is 1. The number of azide groups is 1. The van der Waals surface area contributed by atoms with Crippen LogP contribution < -0.4 is 5.73 Å². The summed E-state index contributed by atoms with van der Waals surface area (Å²) in [6.45, 7) is 0.557. The van der Waals surface area contributed by atoms with E-state index < -0.39 is 24.5 Å². The highest BCUT2D eigenvalue weighted by Gasteiger charge is 2.44. The molecule has 0 saturated carbocycles. The van der Waals surface area contributed by atoms with Crippen molar-refractivity contribution in [3.8, 4) is 0 Å². The Hall–Kier alpha value is -2.37. The minimum Gasteiger partial charge on any atom is -0.387 e. The van der Waals surface area contributed by atoms with Crippen LogP contribution in [0.4, 0.5) is 5.82 Å². The lowest BCUT2D eigenvalue weighted by atomic mass is 10.1. The summed E-state index contributed by atoms with van der Waals surface area (Å²) in [5.74, 6) is 1.60. The molecule has 0 bridgehead atoms. The first-order valence-corrected chi connectivity index (χ1v) is 11.0. The average molecular weight is 435 g/mol. The molecule has 2 aromatic heterocycles. The zero-order chi connectivity index (χ0) is 21.3. The minimum absolute atomic E-state index is 0.251. The van der Waals surface area contributed by atoms with Crippen molar-refractivity contribution in [2.75, 3.05) is 23.8 Å². The molecule has 0 spiro atoms. The average Bonchev–Trinajstić information content (AvgIpc) is 3.29. The van der Waals surface area contributed by atoms with Crippen LogP contribution in [0.1, 0.15) is 31.9 Å². The van der Waals surface area contributed by atoms with E-state index in [1.165, 1.54) is 12.7 Å². The molecule has 30 heavy (non-hydrogen) atoms. The third kappa shape index (κ3) is 5.41. The molecule has 0 radical (unpaired) electrons. The number of anilines is 1. The Balaban J connectivity index is 1.43. The summed E-state index contributed by atoms with van der Waals surface area (Å²) in [5.41, 5.74) is 14.9. The van der Waals surface area contributed by atoms with Gasteiger partial charge in [-0.1, -0.05) is 23.7 Å². The number of nitrogens with zero attached hydrogens (tertiary/aromatic N) is 7. The monoisotopic (exact) mass is 434 g/mol. The van der Waals surface area contributed by atoms with Crippen LogP contribution in [0.5, 0.6) is 0 Å². The summed E-state index contributed by atoms with van der Waals surface area (Å²) in [6, 6.07) is 0. The lowest BCUT2D eigenvalue weighted by Gasteiger charge is -2.16. The second-order valence-electron chi connectivity index (χ2n) is 6.94. The predicted octanol–water partition coefficient (Wildman–Crippen LogP) is 2.19. The van der Waals surface area contributed by atoms with Crippen LogP contribution in [0, 0.1) is 0 Å². The Bertz CT molecular complexity index is 901. The number of allylic oxidation sites excluding steroid dienone is 1. The number of unbranched alkanes of at least 4 members (excludes halogenated alkanes) is 3. The number of ether oxygens (including phenoxy) is 1. The number of thioether (sulfide) groups is 1. The number of rotatable bonds is 11. The molecule has 3 heterocycles. The fourth-order valence-electron chi connectivity index (χ4n) is 3.26. The molecule has 2 aromatic rings. The first-order valence-electron chi connectivity index (χ1n) is 9.81. The highest BCUT2D eigenvalue weighted by Crippen LogP contribution is 2.33. The lowest BCUT2D eigenvalue weighted by Crippen LogP contribution is -2.32. The lowest BCUT2D eigenvalue weighted by molar-refractivity contribution is -0.0288. The highest BCUT2D eigenvalue weighted by molar-refractivity contribution is 7.99. The molecule has 3 rings (SSSR count). The summed E-state index contributed by atoms with van der Waals surface area (Å²) in [6.07, 6.45) is 7.66. The molecule has 1 aliphatic rings. The number of fused-ring (bicyclic) bond motifs is 1. The van der Waals surface area contributed by atoms with Crippen LogP contribution in [0.25, 0.3) is 21.6 Å². The normalized spacial score (nSPS) is 23.9. The van der Waals surface area contributed by atoms with Gasteiger partial charge in [0.1, 0.15) is 24.1 Å². The summed E-state index contributed by atoms with van der Waals surface area (Å²) >= 11 is 1.63. The van der Waals surface area contributed by atoms with Crippen LogP contribution >= 0.6 is 11.8 Å². The molecule has 0 amide bonds. The van der Waals surface area contributed by atoms with Crippen LogP contribution in [0.15, 0.2) is 29.9 Å². The van der Waals surface area contributed by atoms with Gasteiger partial charge in [-0.2, -0.15) is 11.8 Å². The molecule has 162 valence electrons. The highest BCUT2D eigenvalue weighted by atomic mass is 32.2. The van der Waals surface area contributed by atoms with Gasteiger partial charge in [0.2, 0.25) is 0 Å². The summed E-state index contributed by atoms with van der Waals surface area (Å²) in [4.78, 5) is 15.0. The van der Waals surface area contributed by atoms with Crippen molar-refractivity contribution in [1.29, 1.82) is 0 Å². The Kier molecular flexibility index (Phi) is 8.29. The molecule has 0 aromatic carbocycles. The molecule has 12 heteroatoms. The molecule has 4 atom stereocenters. The van der Waals surface area contributed by atoms with Gasteiger partial charge in [-0.15, -0.1) is 0 Å². The molecule has 1 unspecified atom stereocenters. The van der Waals surface area contributed by atoms with Crippen molar-refractivity contribution in [3.63, 3.8) is 0 Å². The molecular formula is C18H26N8O3S. The zero-order valence-electron chi connectivity index (χ0n) is 16.5. The first-order chi connectivity index (χ1) is 14.6. The quantitative estimate of drug-likeness (QED) is 0.159. The Morgan fingerprint density at radius 1 is 1.23 bits per heavy atom. The maximum atomic E-state index is 10.5. The van der Waals surface area contributed by atoms with Gasteiger partial charge in [0.25, 0.3) is 0 Å². The molecule has 1 aliphatic heterocycles. The van der Waals surface area contributed by atoms with E-state index in [9.17, 15) is 10.2 Å². The Morgan fingerprint density at radius 3 is 2.93 bits per heavy atom. The number of nitrogen functional groups attached to an aromatic ring is 1. The van der Waals surface area contributed by atoms with Crippen LogP contribution in [0.3, 0.4) is 0 Å². The summed E-state index contributed by atoms with van der Waals surface area (Å²) in [5, 5.41) is 24.4. The van der Waals surface area contributed by atoms with Crippen molar-refractivity contribution < 1.29 is 14.9 Å². The second-order valence-corrected chi connectivity index (χ2v) is 8.02. The first kappa shape index (κ1) is 22.3. The van der Waals surface area contributed by atoms with Crippen LogP contribution in [0.2, 0.25) is 0 Å². The van der Waals surface area contributed by atoms with Gasteiger partial charge in [-0.25, -0.2) is 15.0 Å². The maximum Gasteiger partial charge on any atom is 0.167 e. The van der Waals surface area contributed by atoms with E-state index in [0.717, 1.165) is 31.4 Å². The number of hydrogen-bond acceptors (Lipinski definition) is 9. The van der Waals surface area contributed by atoms with Crippen molar-refractivity contribution in [1.82, 2.24) is 19.5 Å². The van der Waals surface area contributed by atoms with Gasteiger partial charge in [0.05, 0.1) is 12.4 Å². The topological polar surface area (TPSA) is 168 Å². The number of hydrogen-bond donors (Lipinski definition) is 3. The van der Waals surface area contributed by atoms with E-state index in [-0.39, 0.29) is 5.82 Å². The zero-order valence-corrected chi connectivity index (χ0v) is 17.3. The SMILES string of the molecule is [N-]=[N+]=NCCCCC/C=C/CSC[C@H]1O[C@@H](n2cnc3c(N)ncnc32)[C@@H](O)C1O. The van der Waals surface area contributed by atoms with Crippen LogP contribution in [-0.4, -0.2) is 66.1 Å². The summed E-state index contributed by atoms with van der Waals surface area (Å²) in [7, 11) is 0. The maximum absolute atomic E-state index is 10.5. The number of aliphatic hydroxyl groups is 2. The van der Waals surface area contributed by atoms with Gasteiger partial charge in [-0.3, -0.25) is 4.57 Å². The largest absolute Gasteiger partial charge is 0.387 e. The second kappa shape index (κ2) is 11.1. The van der Waals surface area contributed by atoms with E-state index >= 15 is 0 Å². The van der Waals surface area contributed by atoms with Crippen molar-refractivity contribution in [2.45, 2.75) is 50.2 Å². The number of aromatic nitrogens is 4. The van der Waals surface area contributed by atoms with Crippen molar-refractivity contribution in [3.05, 3.63) is 35.2 Å². The molecule has 11 nitrogen and oxygen atoms in total. The van der Waals surface area contributed by atoms with E-state index in [2.05, 4.69) is 37.1 Å². The van der Waals surface area contributed by atoms with E-state index in [0.29, 0.717) is 23.5 Å². The van der Waals surface area contributed by atoms with Crippen LogP contribution in [-0.2, 0) is 4.74 Å².